The Morgan fingerprint density at radius 2 is 1.47 bits per heavy atom. The zero-order chi connectivity index (χ0) is 11.4. The van der Waals surface area contributed by atoms with Gasteiger partial charge in [-0.25, -0.2) is 0 Å². The van der Waals surface area contributed by atoms with Gasteiger partial charge in [0.15, 0.2) is 0 Å². The minimum Gasteiger partial charge on any atom is -0.0692 e. The molecule has 5 atom stereocenters. The lowest BCUT2D eigenvalue weighted by Gasteiger charge is -2.76. The van der Waals surface area contributed by atoms with Crippen LogP contribution in [0.25, 0.3) is 0 Å². The van der Waals surface area contributed by atoms with Gasteiger partial charge in [0.05, 0.1) is 0 Å². The molecule has 0 heterocycles. The molecule has 0 amide bonds. The maximum Gasteiger partial charge on any atom is 0.105 e. The fourth-order valence-corrected chi connectivity index (χ4v) is 8.12. The van der Waals surface area contributed by atoms with Crippen molar-refractivity contribution in [3.63, 3.8) is 0 Å². The van der Waals surface area contributed by atoms with Gasteiger partial charge < -0.3 is 0 Å². The molecule has 92 valence electrons. The first-order valence-corrected chi connectivity index (χ1v) is 8.20. The second kappa shape index (κ2) is 2.80. The van der Waals surface area contributed by atoms with Crippen molar-refractivity contribution >= 4 is 7.85 Å². The smallest absolute Gasteiger partial charge is 0.0692 e. The first kappa shape index (κ1) is 9.93. The van der Waals surface area contributed by atoms with Crippen LogP contribution in [0.3, 0.4) is 0 Å². The first-order chi connectivity index (χ1) is 8.20. The molecule has 8 bridgehead atoms. The van der Waals surface area contributed by atoms with E-state index in [0.29, 0.717) is 0 Å². The Balaban J connectivity index is 1.71. The molecule has 7 aliphatic rings. The molecule has 0 N–H and O–H groups in total. The molecular weight excluding hydrogens is 203 g/mol. The summed E-state index contributed by atoms with van der Waals surface area (Å²) in [6.07, 6.45) is 9.82. The van der Waals surface area contributed by atoms with Gasteiger partial charge in [0.1, 0.15) is 7.85 Å². The van der Waals surface area contributed by atoms with Gasteiger partial charge in [0.25, 0.3) is 0 Å². The second-order valence-corrected chi connectivity index (χ2v) is 8.59. The van der Waals surface area contributed by atoms with Crippen LogP contribution in [0, 0.1) is 46.8 Å². The highest BCUT2D eigenvalue weighted by atomic mass is 14.7. The molecule has 0 spiro atoms. The normalized spacial score (nSPS) is 67.7. The minimum absolute atomic E-state index is 0.823. The van der Waals surface area contributed by atoms with Crippen LogP contribution in [0.15, 0.2) is 0 Å². The highest BCUT2D eigenvalue weighted by Gasteiger charge is 2.70. The zero-order valence-corrected chi connectivity index (χ0v) is 11.4. The highest BCUT2D eigenvalue weighted by Crippen LogP contribution is 2.78. The predicted molar refractivity (Wildman–Crippen MR) is 72.5 cm³/mol. The average molecular weight is 228 g/mol. The lowest BCUT2D eigenvalue weighted by molar-refractivity contribution is -0.255. The van der Waals surface area contributed by atoms with E-state index < -0.39 is 0 Å². The van der Waals surface area contributed by atoms with E-state index >= 15 is 0 Å². The number of hydrogen-bond donors (Lipinski definition) is 0. The molecule has 7 aliphatic carbocycles. The number of hydrogen-bond acceptors (Lipinski definition) is 0. The minimum atomic E-state index is 0.823. The van der Waals surface area contributed by atoms with Crippen LogP contribution in [0.5, 0.6) is 0 Å². The van der Waals surface area contributed by atoms with Gasteiger partial charge in [0, 0.05) is 0 Å². The van der Waals surface area contributed by atoms with E-state index in [0.717, 1.165) is 34.9 Å². The van der Waals surface area contributed by atoms with Crippen LogP contribution in [-0.4, -0.2) is 7.85 Å². The van der Waals surface area contributed by atoms with E-state index in [2.05, 4.69) is 14.8 Å². The summed E-state index contributed by atoms with van der Waals surface area (Å²) in [5, 5.41) is 0. The molecule has 5 unspecified atom stereocenters. The molecule has 1 heteroatoms. The van der Waals surface area contributed by atoms with Crippen LogP contribution in [0.1, 0.15) is 45.4 Å². The zero-order valence-electron chi connectivity index (χ0n) is 11.4. The summed E-state index contributed by atoms with van der Waals surface area (Å²) in [6, 6.07) is 0. The van der Waals surface area contributed by atoms with Gasteiger partial charge in [0.2, 0.25) is 0 Å². The first-order valence-electron chi connectivity index (χ1n) is 8.20. The SMILES string of the molecule is BC(C)C12CC3CC4C5CC(CC41)CC2C5C3. The quantitative estimate of drug-likeness (QED) is 0.605. The summed E-state index contributed by atoms with van der Waals surface area (Å²) in [5.41, 5.74) is 0.823. The Morgan fingerprint density at radius 1 is 0.882 bits per heavy atom. The van der Waals surface area contributed by atoms with E-state index in [-0.39, 0.29) is 0 Å². The maximum absolute atomic E-state index is 2.56. The molecule has 0 aromatic carbocycles. The Hall–Kier alpha value is 0.0649. The van der Waals surface area contributed by atoms with Gasteiger partial charge >= 0.3 is 0 Å². The molecule has 0 saturated heterocycles. The van der Waals surface area contributed by atoms with Crippen molar-refractivity contribution in [1.29, 1.82) is 0 Å². The third-order valence-corrected chi connectivity index (χ3v) is 8.22. The van der Waals surface area contributed by atoms with E-state index in [9.17, 15) is 0 Å². The summed E-state index contributed by atoms with van der Waals surface area (Å²) >= 11 is 0. The molecule has 0 aliphatic heterocycles. The third-order valence-electron chi connectivity index (χ3n) is 8.22. The molecule has 17 heavy (non-hydrogen) atoms. The monoisotopic (exact) mass is 228 g/mol. The van der Waals surface area contributed by atoms with Crippen molar-refractivity contribution in [3.8, 4) is 0 Å². The summed E-state index contributed by atoms with van der Waals surface area (Å²) in [7, 11) is 2.56. The largest absolute Gasteiger partial charge is 0.105 e. The molecule has 0 radical (unpaired) electrons. The van der Waals surface area contributed by atoms with Crippen LogP contribution < -0.4 is 0 Å². The van der Waals surface area contributed by atoms with E-state index in [1.807, 2.05) is 0 Å². The fraction of sp³-hybridized carbons (Fsp3) is 1.00. The maximum atomic E-state index is 2.56. The van der Waals surface area contributed by atoms with Crippen LogP contribution in [-0.2, 0) is 0 Å². The summed E-state index contributed by atoms with van der Waals surface area (Å²) in [4.78, 5) is 0. The molecule has 7 fully saturated rings. The molecule has 7 saturated carbocycles. The van der Waals surface area contributed by atoms with Crippen molar-refractivity contribution in [2.75, 3.05) is 0 Å². The van der Waals surface area contributed by atoms with E-state index in [4.69, 9.17) is 0 Å². The molecule has 0 aromatic heterocycles. The fourth-order valence-electron chi connectivity index (χ4n) is 8.12. The molecular formula is C16H25B. The lowest BCUT2D eigenvalue weighted by atomic mass is 9.28. The summed E-state index contributed by atoms with van der Waals surface area (Å²) in [6.45, 7) is 2.56. The van der Waals surface area contributed by atoms with Gasteiger partial charge in [-0.1, -0.05) is 12.7 Å². The van der Waals surface area contributed by atoms with Gasteiger partial charge in [-0.3, -0.25) is 0 Å². The molecule has 7 rings (SSSR count). The van der Waals surface area contributed by atoms with Crippen LogP contribution in [0.2, 0.25) is 5.82 Å². The lowest BCUT2D eigenvalue weighted by Crippen LogP contribution is -2.68. The van der Waals surface area contributed by atoms with Crippen LogP contribution >= 0.6 is 0 Å². The molecule has 0 nitrogen and oxygen atoms in total. The van der Waals surface area contributed by atoms with Crippen molar-refractivity contribution in [1.82, 2.24) is 0 Å². The topological polar surface area (TPSA) is 0 Å². The van der Waals surface area contributed by atoms with Gasteiger partial charge in [-0.2, -0.15) is 0 Å². The van der Waals surface area contributed by atoms with E-state index in [1.165, 1.54) is 17.8 Å². The summed E-state index contributed by atoms with van der Waals surface area (Å²) in [5.74, 6) is 9.15. The van der Waals surface area contributed by atoms with Gasteiger partial charge in [-0.05, 0) is 85.4 Å². The molecule has 0 aromatic rings. The highest BCUT2D eigenvalue weighted by molar-refractivity contribution is 6.12. The van der Waals surface area contributed by atoms with Crippen molar-refractivity contribution in [2.45, 2.75) is 51.3 Å². The van der Waals surface area contributed by atoms with Crippen molar-refractivity contribution in [3.05, 3.63) is 0 Å². The average Bonchev–Trinajstić information content (AvgIpc) is 2.34. The Morgan fingerprint density at radius 3 is 2.06 bits per heavy atom. The van der Waals surface area contributed by atoms with E-state index in [1.54, 1.807) is 38.5 Å². The predicted octanol–water partition coefficient (Wildman–Crippen LogP) is 3.14. The second-order valence-electron chi connectivity index (χ2n) is 8.59. The third kappa shape index (κ3) is 0.911. The standard InChI is InChI=1S/C16H25B/c1-8(17)16-7-10-3-12-11-2-9(5-14(12)16)6-15(16)13(11)4-10/h8-15H,2-7,17H2,1H3. The Bertz CT molecular complexity index is 350. The Kier molecular flexibility index (Phi) is 1.64. The Labute approximate surface area is 106 Å². The summed E-state index contributed by atoms with van der Waals surface area (Å²) < 4.78 is 0. The van der Waals surface area contributed by atoms with Crippen molar-refractivity contribution < 1.29 is 0 Å². The van der Waals surface area contributed by atoms with Gasteiger partial charge in [-0.15, -0.1) is 0 Å². The van der Waals surface area contributed by atoms with Crippen LogP contribution in [0.4, 0.5) is 0 Å². The number of rotatable bonds is 1. The van der Waals surface area contributed by atoms with Crippen molar-refractivity contribution in [2.24, 2.45) is 46.8 Å².